The maximum atomic E-state index is 12.6. The second-order valence-corrected chi connectivity index (χ2v) is 7.15. The zero-order valence-corrected chi connectivity index (χ0v) is 14.2. The van der Waals surface area contributed by atoms with E-state index in [-0.39, 0.29) is 6.04 Å². The fraction of sp³-hybridized carbons (Fsp3) is 0.625. The van der Waals surface area contributed by atoms with Gasteiger partial charge in [0.05, 0.1) is 4.90 Å². The second kappa shape index (κ2) is 8.39. The van der Waals surface area contributed by atoms with E-state index in [1.807, 2.05) is 6.92 Å². The molecule has 4 nitrogen and oxygen atoms in total. The van der Waals surface area contributed by atoms with E-state index in [1.54, 1.807) is 18.2 Å². The number of anilines is 1. The summed E-state index contributed by atoms with van der Waals surface area (Å²) in [6.07, 6.45) is 5.49. The van der Waals surface area contributed by atoms with Gasteiger partial charge in [0.25, 0.3) is 0 Å². The van der Waals surface area contributed by atoms with E-state index in [1.165, 1.54) is 0 Å². The van der Waals surface area contributed by atoms with Crippen molar-refractivity contribution in [1.29, 1.82) is 0 Å². The van der Waals surface area contributed by atoms with E-state index >= 15 is 0 Å². The minimum Gasteiger partial charge on any atom is -0.399 e. The highest BCUT2D eigenvalue weighted by atomic mass is 32.2. The van der Waals surface area contributed by atoms with Crippen molar-refractivity contribution in [2.75, 3.05) is 5.73 Å². The van der Waals surface area contributed by atoms with Crippen molar-refractivity contribution in [2.24, 2.45) is 0 Å². The lowest BCUT2D eigenvalue weighted by Gasteiger charge is -2.19. The van der Waals surface area contributed by atoms with E-state index in [9.17, 15) is 8.42 Å². The first-order valence-corrected chi connectivity index (χ1v) is 9.33. The second-order valence-electron chi connectivity index (χ2n) is 5.47. The van der Waals surface area contributed by atoms with E-state index < -0.39 is 10.0 Å². The molecule has 21 heavy (non-hydrogen) atoms. The van der Waals surface area contributed by atoms with Crippen LogP contribution in [-0.2, 0) is 16.4 Å². The van der Waals surface area contributed by atoms with Crippen molar-refractivity contribution < 1.29 is 8.42 Å². The van der Waals surface area contributed by atoms with E-state index in [2.05, 4.69) is 18.6 Å². The predicted octanol–water partition coefficient (Wildman–Crippen LogP) is 3.47. The maximum absolute atomic E-state index is 12.6. The average Bonchev–Trinajstić information content (AvgIpc) is 2.44. The van der Waals surface area contributed by atoms with Crippen LogP contribution in [0.1, 0.15) is 58.4 Å². The monoisotopic (exact) mass is 312 g/mol. The SMILES string of the molecule is CCCCC(CCC)NS(=O)(=O)c1cc(N)ccc1CC. The molecule has 0 aliphatic heterocycles. The van der Waals surface area contributed by atoms with Gasteiger partial charge in [-0.2, -0.15) is 0 Å². The molecule has 1 unspecified atom stereocenters. The highest BCUT2D eigenvalue weighted by Gasteiger charge is 2.22. The summed E-state index contributed by atoms with van der Waals surface area (Å²) in [6.45, 7) is 6.14. The molecule has 0 spiro atoms. The molecule has 5 heteroatoms. The highest BCUT2D eigenvalue weighted by Crippen LogP contribution is 2.21. The van der Waals surface area contributed by atoms with Crippen LogP contribution >= 0.6 is 0 Å². The largest absolute Gasteiger partial charge is 0.399 e. The molecular formula is C16H28N2O2S. The number of hydrogen-bond donors (Lipinski definition) is 2. The van der Waals surface area contributed by atoms with Crippen molar-refractivity contribution in [3.05, 3.63) is 23.8 Å². The van der Waals surface area contributed by atoms with Crippen LogP contribution in [0, 0.1) is 0 Å². The molecule has 0 fully saturated rings. The van der Waals surface area contributed by atoms with Crippen LogP contribution in [0.25, 0.3) is 0 Å². The van der Waals surface area contributed by atoms with Gasteiger partial charge in [0.15, 0.2) is 0 Å². The highest BCUT2D eigenvalue weighted by molar-refractivity contribution is 7.89. The molecule has 0 amide bonds. The summed E-state index contributed by atoms with van der Waals surface area (Å²) in [4.78, 5) is 0.322. The molecule has 0 bridgehead atoms. The molecule has 1 atom stereocenters. The number of unbranched alkanes of at least 4 members (excludes halogenated alkanes) is 1. The zero-order chi connectivity index (χ0) is 15.9. The normalized spacial score (nSPS) is 13.3. The third-order valence-electron chi connectivity index (χ3n) is 3.63. The molecule has 1 aromatic carbocycles. The van der Waals surface area contributed by atoms with E-state index in [0.29, 0.717) is 17.0 Å². The van der Waals surface area contributed by atoms with Gasteiger partial charge in [-0.05, 0) is 37.0 Å². The van der Waals surface area contributed by atoms with Gasteiger partial charge >= 0.3 is 0 Å². The van der Waals surface area contributed by atoms with E-state index in [4.69, 9.17) is 5.73 Å². The Morgan fingerprint density at radius 3 is 2.43 bits per heavy atom. The van der Waals surface area contributed by atoms with Gasteiger partial charge in [0, 0.05) is 11.7 Å². The Balaban J connectivity index is 3.00. The molecule has 0 saturated heterocycles. The van der Waals surface area contributed by atoms with Crippen molar-refractivity contribution in [1.82, 2.24) is 4.72 Å². The molecule has 0 saturated carbocycles. The average molecular weight is 312 g/mol. The van der Waals surface area contributed by atoms with Gasteiger partial charge in [-0.1, -0.05) is 46.1 Å². The Hall–Kier alpha value is -1.07. The Labute approximate surface area is 129 Å². The molecule has 0 heterocycles. The lowest BCUT2D eigenvalue weighted by atomic mass is 10.1. The van der Waals surface area contributed by atoms with Gasteiger partial charge in [-0.25, -0.2) is 13.1 Å². The summed E-state index contributed by atoms with van der Waals surface area (Å²) in [5.74, 6) is 0. The molecule has 0 aliphatic rings. The molecular weight excluding hydrogens is 284 g/mol. The number of hydrogen-bond acceptors (Lipinski definition) is 3. The number of nitrogens with one attached hydrogen (secondary N) is 1. The van der Waals surface area contributed by atoms with E-state index in [0.717, 1.165) is 37.7 Å². The number of aryl methyl sites for hydroxylation is 1. The first kappa shape index (κ1) is 18.0. The summed E-state index contributed by atoms with van der Waals surface area (Å²) >= 11 is 0. The molecule has 0 aliphatic carbocycles. The fourth-order valence-corrected chi connectivity index (χ4v) is 4.11. The minimum atomic E-state index is -3.51. The van der Waals surface area contributed by atoms with Crippen LogP contribution in [0.3, 0.4) is 0 Å². The van der Waals surface area contributed by atoms with Crippen LogP contribution in [-0.4, -0.2) is 14.5 Å². The fourth-order valence-electron chi connectivity index (χ4n) is 2.46. The Morgan fingerprint density at radius 2 is 1.86 bits per heavy atom. The zero-order valence-electron chi connectivity index (χ0n) is 13.4. The number of benzene rings is 1. The molecule has 3 N–H and O–H groups in total. The summed E-state index contributed by atoms with van der Waals surface area (Å²) in [6, 6.07) is 5.11. The summed E-state index contributed by atoms with van der Waals surface area (Å²) < 4.78 is 28.2. The first-order valence-electron chi connectivity index (χ1n) is 7.85. The summed E-state index contributed by atoms with van der Waals surface area (Å²) in [5.41, 5.74) is 7.04. The van der Waals surface area contributed by atoms with Crippen molar-refractivity contribution in [2.45, 2.75) is 70.2 Å². The Bertz CT molecular complexity index is 541. The molecule has 120 valence electrons. The Kier molecular flexibility index (Phi) is 7.18. The number of nitrogen functional groups attached to an aromatic ring is 1. The van der Waals surface area contributed by atoms with Gasteiger partial charge in [0.2, 0.25) is 10.0 Å². The van der Waals surface area contributed by atoms with Crippen molar-refractivity contribution in [3.63, 3.8) is 0 Å². The van der Waals surface area contributed by atoms with Gasteiger partial charge in [-0.3, -0.25) is 0 Å². The quantitative estimate of drug-likeness (QED) is 0.686. The molecule has 1 aromatic rings. The molecule has 0 aromatic heterocycles. The predicted molar refractivity (Wildman–Crippen MR) is 88.8 cm³/mol. The van der Waals surface area contributed by atoms with Crippen LogP contribution in [0.5, 0.6) is 0 Å². The number of rotatable bonds is 9. The van der Waals surface area contributed by atoms with Crippen molar-refractivity contribution in [3.8, 4) is 0 Å². The van der Waals surface area contributed by atoms with Crippen LogP contribution in [0.15, 0.2) is 23.1 Å². The van der Waals surface area contributed by atoms with Gasteiger partial charge in [0.1, 0.15) is 0 Å². The maximum Gasteiger partial charge on any atom is 0.241 e. The Morgan fingerprint density at radius 1 is 1.14 bits per heavy atom. The van der Waals surface area contributed by atoms with Crippen LogP contribution < -0.4 is 10.5 Å². The van der Waals surface area contributed by atoms with Crippen molar-refractivity contribution >= 4 is 15.7 Å². The number of sulfonamides is 1. The lowest BCUT2D eigenvalue weighted by molar-refractivity contribution is 0.483. The molecule has 1 rings (SSSR count). The standard InChI is InChI=1S/C16H28N2O2S/c1-4-7-9-15(8-5-2)18-21(19,20)16-12-14(17)11-10-13(16)6-3/h10-12,15,18H,4-9,17H2,1-3H3. The first-order chi connectivity index (χ1) is 9.94. The third kappa shape index (κ3) is 5.32. The topological polar surface area (TPSA) is 72.2 Å². The lowest BCUT2D eigenvalue weighted by Crippen LogP contribution is -2.35. The summed E-state index contributed by atoms with van der Waals surface area (Å²) in [7, 11) is -3.51. The van der Waals surface area contributed by atoms with Crippen LogP contribution in [0.4, 0.5) is 5.69 Å². The minimum absolute atomic E-state index is 0.00564. The smallest absolute Gasteiger partial charge is 0.241 e. The number of nitrogens with two attached hydrogens (primary N) is 1. The van der Waals surface area contributed by atoms with Gasteiger partial charge in [-0.15, -0.1) is 0 Å². The van der Waals surface area contributed by atoms with Gasteiger partial charge < -0.3 is 5.73 Å². The molecule has 0 radical (unpaired) electrons. The third-order valence-corrected chi connectivity index (χ3v) is 5.23. The van der Waals surface area contributed by atoms with Crippen LogP contribution in [0.2, 0.25) is 0 Å². The summed E-state index contributed by atoms with van der Waals surface area (Å²) in [5, 5.41) is 0.